The molecule has 1 amide bonds. The molecule has 1 spiro atoms. The molecule has 0 saturated carbocycles. The predicted octanol–water partition coefficient (Wildman–Crippen LogP) is 1.00. The molecule has 19 heavy (non-hydrogen) atoms. The lowest BCUT2D eigenvalue weighted by Crippen LogP contribution is -2.37. The van der Waals surface area contributed by atoms with Crippen molar-refractivity contribution in [2.75, 3.05) is 24.5 Å². The van der Waals surface area contributed by atoms with Gasteiger partial charge in [0.15, 0.2) is 0 Å². The van der Waals surface area contributed by atoms with E-state index in [1.807, 2.05) is 12.4 Å². The second-order valence-corrected chi connectivity index (χ2v) is 5.69. The van der Waals surface area contributed by atoms with Crippen molar-refractivity contribution in [3.8, 4) is 0 Å². The third-order valence-corrected chi connectivity index (χ3v) is 4.60. The highest BCUT2D eigenvalue weighted by atomic mass is 16.2. The van der Waals surface area contributed by atoms with Crippen LogP contribution >= 0.6 is 0 Å². The Bertz CT molecular complexity index is 487. The van der Waals surface area contributed by atoms with E-state index in [1.54, 1.807) is 0 Å². The van der Waals surface area contributed by atoms with Crippen LogP contribution in [0.2, 0.25) is 0 Å². The van der Waals surface area contributed by atoms with Crippen molar-refractivity contribution in [1.29, 1.82) is 0 Å². The average Bonchev–Trinajstić information content (AvgIpc) is 2.96. The largest absolute Gasteiger partial charge is 0.356 e. The maximum atomic E-state index is 12.1. The van der Waals surface area contributed by atoms with E-state index in [-0.39, 0.29) is 11.3 Å². The molecule has 1 aromatic heterocycles. The van der Waals surface area contributed by atoms with Gasteiger partial charge in [0, 0.05) is 32.0 Å². The monoisotopic (exact) mass is 260 g/mol. The number of anilines is 1. The molecule has 5 heteroatoms. The lowest BCUT2D eigenvalue weighted by atomic mass is 9.78. The van der Waals surface area contributed by atoms with E-state index >= 15 is 0 Å². The van der Waals surface area contributed by atoms with Crippen molar-refractivity contribution < 1.29 is 4.79 Å². The fourth-order valence-corrected chi connectivity index (χ4v) is 3.22. The second kappa shape index (κ2) is 4.47. The number of aromatic nitrogens is 2. The number of nitrogens with one attached hydrogen (secondary N) is 1. The maximum absolute atomic E-state index is 12.1. The number of hydrogen-bond acceptors (Lipinski definition) is 4. The zero-order chi connectivity index (χ0) is 13.5. The van der Waals surface area contributed by atoms with Gasteiger partial charge >= 0.3 is 0 Å². The first-order valence-electron chi connectivity index (χ1n) is 7.00. The summed E-state index contributed by atoms with van der Waals surface area (Å²) in [5.74, 6) is 1.30. The Kier molecular flexibility index (Phi) is 2.92. The molecule has 0 radical (unpaired) electrons. The third-order valence-electron chi connectivity index (χ3n) is 4.60. The highest BCUT2D eigenvalue weighted by Gasteiger charge is 2.52. The van der Waals surface area contributed by atoms with Crippen molar-refractivity contribution in [2.24, 2.45) is 11.3 Å². The lowest BCUT2D eigenvalue weighted by molar-refractivity contribution is -0.128. The van der Waals surface area contributed by atoms with Crippen LogP contribution in [0.5, 0.6) is 0 Å². The number of nitrogens with zero attached hydrogens (tertiary/aromatic N) is 3. The first kappa shape index (κ1) is 12.4. The number of hydrogen-bond donors (Lipinski definition) is 1. The van der Waals surface area contributed by atoms with Crippen LogP contribution in [0.1, 0.15) is 25.8 Å². The van der Waals surface area contributed by atoms with E-state index in [0.717, 1.165) is 44.0 Å². The minimum Gasteiger partial charge on any atom is -0.356 e. The van der Waals surface area contributed by atoms with Crippen LogP contribution in [-0.2, 0) is 11.2 Å². The smallest absolute Gasteiger partial charge is 0.228 e. The zero-order valence-electron chi connectivity index (χ0n) is 11.5. The first-order chi connectivity index (χ1) is 9.15. The first-order valence-corrected chi connectivity index (χ1v) is 7.00. The number of rotatable bonds is 2. The molecule has 2 aliphatic heterocycles. The van der Waals surface area contributed by atoms with Gasteiger partial charge in [0.2, 0.25) is 11.9 Å². The van der Waals surface area contributed by atoms with Gasteiger partial charge in [-0.15, -0.1) is 0 Å². The standard InChI is InChI=1S/C14H20N4O/c1-3-11-6-16-13(17-7-11)18-8-10(2)14(9-18)4-5-15-12(14)19/h6-7,10H,3-5,8-9H2,1-2H3,(H,15,19)/t10-,14-/m0/s1. The Balaban J connectivity index is 1.82. The van der Waals surface area contributed by atoms with E-state index in [1.165, 1.54) is 0 Å². The molecule has 102 valence electrons. The molecule has 1 aromatic rings. The maximum Gasteiger partial charge on any atom is 0.228 e. The topological polar surface area (TPSA) is 58.1 Å². The van der Waals surface area contributed by atoms with E-state index in [9.17, 15) is 4.79 Å². The molecule has 2 aliphatic rings. The van der Waals surface area contributed by atoms with Gasteiger partial charge < -0.3 is 10.2 Å². The van der Waals surface area contributed by atoms with Crippen LogP contribution in [-0.4, -0.2) is 35.5 Å². The summed E-state index contributed by atoms with van der Waals surface area (Å²) in [5.41, 5.74) is 0.914. The number of amides is 1. The molecule has 2 saturated heterocycles. The normalized spacial score (nSPS) is 30.1. The van der Waals surface area contributed by atoms with Crippen LogP contribution in [0, 0.1) is 11.3 Å². The molecular weight excluding hydrogens is 240 g/mol. The van der Waals surface area contributed by atoms with Gasteiger partial charge in [-0.05, 0) is 24.3 Å². The lowest BCUT2D eigenvalue weighted by Gasteiger charge is -2.23. The van der Waals surface area contributed by atoms with Gasteiger partial charge in [-0.1, -0.05) is 13.8 Å². The average molecular weight is 260 g/mol. The van der Waals surface area contributed by atoms with Gasteiger partial charge in [-0.3, -0.25) is 4.79 Å². The van der Waals surface area contributed by atoms with Crippen LogP contribution < -0.4 is 10.2 Å². The summed E-state index contributed by atoms with van der Waals surface area (Å²) in [5, 5.41) is 2.97. The Morgan fingerprint density at radius 3 is 2.79 bits per heavy atom. The molecule has 5 nitrogen and oxygen atoms in total. The van der Waals surface area contributed by atoms with E-state index < -0.39 is 0 Å². The minimum atomic E-state index is -0.229. The third kappa shape index (κ3) is 1.88. The molecule has 0 aromatic carbocycles. The van der Waals surface area contributed by atoms with E-state index in [2.05, 4.69) is 34.0 Å². The van der Waals surface area contributed by atoms with E-state index in [0.29, 0.717) is 5.92 Å². The predicted molar refractivity (Wildman–Crippen MR) is 72.8 cm³/mol. The molecule has 1 N–H and O–H groups in total. The van der Waals surface area contributed by atoms with Crippen molar-refractivity contribution >= 4 is 11.9 Å². The number of carbonyl (C=O) groups is 1. The number of carbonyl (C=O) groups excluding carboxylic acids is 1. The fraction of sp³-hybridized carbons (Fsp3) is 0.643. The summed E-state index contributed by atoms with van der Waals surface area (Å²) < 4.78 is 0. The van der Waals surface area contributed by atoms with Gasteiger partial charge in [0.05, 0.1) is 5.41 Å². The summed E-state index contributed by atoms with van der Waals surface area (Å²) >= 11 is 0. The van der Waals surface area contributed by atoms with Crippen molar-refractivity contribution in [2.45, 2.75) is 26.7 Å². The van der Waals surface area contributed by atoms with Gasteiger partial charge in [0.25, 0.3) is 0 Å². The molecule has 3 rings (SSSR count). The Morgan fingerprint density at radius 1 is 1.47 bits per heavy atom. The zero-order valence-corrected chi connectivity index (χ0v) is 11.5. The Hall–Kier alpha value is -1.65. The molecule has 0 bridgehead atoms. The van der Waals surface area contributed by atoms with Crippen molar-refractivity contribution in [3.63, 3.8) is 0 Å². The second-order valence-electron chi connectivity index (χ2n) is 5.69. The van der Waals surface area contributed by atoms with E-state index in [4.69, 9.17) is 0 Å². The molecule has 3 heterocycles. The molecule has 0 aliphatic carbocycles. The minimum absolute atomic E-state index is 0.202. The highest BCUT2D eigenvalue weighted by Crippen LogP contribution is 2.42. The van der Waals surface area contributed by atoms with Gasteiger partial charge in [-0.2, -0.15) is 0 Å². The molecule has 0 unspecified atom stereocenters. The van der Waals surface area contributed by atoms with Gasteiger partial charge in [0.1, 0.15) is 0 Å². The summed E-state index contributed by atoms with van der Waals surface area (Å²) in [4.78, 5) is 23.1. The summed E-state index contributed by atoms with van der Waals surface area (Å²) in [6.07, 6.45) is 5.64. The molecular formula is C14H20N4O. The summed E-state index contributed by atoms with van der Waals surface area (Å²) in [6, 6.07) is 0. The summed E-state index contributed by atoms with van der Waals surface area (Å²) in [7, 11) is 0. The van der Waals surface area contributed by atoms with Crippen LogP contribution in [0.15, 0.2) is 12.4 Å². The molecule has 2 fully saturated rings. The van der Waals surface area contributed by atoms with Gasteiger partial charge in [-0.25, -0.2) is 9.97 Å². The van der Waals surface area contributed by atoms with Crippen molar-refractivity contribution in [3.05, 3.63) is 18.0 Å². The fourth-order valence-electron chi connectivity index (χ4n) is 3.22. The highest BCUT2D eigenvalue weighted by molar-refractivity contribution is 5.86. The number of aryl methyl sites for hydroxylation is 1. The molecule has 2 atom stereocenters. The Labute approximate surface area is 113 Å². The van der Waals surface area contributed by atoms with Crippen LogP contribution in [0.25, 0.3) is 0 Å². The SMILES string of the molecule is CCc1cnc(N2C[C@H](C)[C@]3(CCNC3=O)C2)nc1. The van der Waals surface area contributed by atoms with Crippen LogP contribution in [0.3, 0.4) is 0 Å². The van der Waals surface area contributed by atoms with Crippen molar-refractivity contribution in [1.82, 2.24) is 15.3 Å². The van der Waals surface area contributed by atoms with Crippen LogP contribution in [0.4, 0.5) is 5.95 Å². The Morgan fingerprint density at radius 2 is 2.21 bits per heavy atom. The summed E-state index contributed by atoms with van der Waals surface area (Å²) in [6.45, 7) is 6.65. The quantitative estimate of drug-likeness (QED) is 0.862.